The molecule has 102 valence electrons. The van der Waals surface area contributed by atoms with Crippen molar-refractivity contribution in [2.24, 2.45) is 0 Å². The average molecular weight is 278 g/mol. The number of ether oxygens (including phenoxy) is 1. The Kier molecular flexibility index (Phi) is 4.21. The second-order valence-corrected chi connectivity index (χ2v) is 5.13. The van der Waals surface area contributed by atoms with E-state index in [-0.39, 0.29) is 6.04 Å². The molecule has 0 aliphatic heterocycles. The summed E-state index contributed by atoms with van der Waals surface area (Å²) in [5.74, 6) is 1.14. The number of aromatic nitrogens is 2. The maximum absolute atomic E-state index is 6.07. The summed E-state index contributed by atoms with van der Waals surface area (Å²) in [6, 6.07) is 4.35. The van der Waals surface area contributed by atoms with Gasteiger partial charge in [0.15, 0.2) is 5.82 Å². The summed E-state index contributed by atoms with van der Waals surface area (Å²) in [6.45, 7) is 4.55. The minimum absolute atomic E-state index is 0.201. The van der Waals surface area contributed by atoms with Gasteiger partial charge in [-0.25, -0.2) is 4.98 Å². The van der Waals surface area contributed by atoms with Gasteiger partial charge in [0.1, 0.15) is 12.0 Å². The molecule has 0 aliphatic rings. The van der Waals surface area contributed by atoms with Crippen LogP contribution in [0.15, 0.2) is 23.8 Å². The van der Waals surface area contributed by atoms with E-state index in [1.54, 1.807) is 11.3 Å². The van der Waals surface area contributed by atoms with E-state index in [0.717, 1.165) is 0 Å². The summed E-state index contributed by atoms with van der Waals surface area (Å²) in [5, 5.41) is 2.06. The Bertz CT molecular complexity index is 529. The quantitative estimate of drug-likeness (QED) is 0.911. The summed E-state index contributed by atoms with van der Waals surface area (Å²) in [4.78, 5) is 11.6. The molecule has 0 aliphatic carbocycles. The van der Waals surface area contributed by atoms with Crippen LogP contribution in [0.3, 0.4) is 0 Å². The van der Waals surface area contributed by atoms with Gasteiger partial charge in [-0.2, -0.15) is 4.98 Å². The van der Waals surface area contributed by atoms with Crippen molar-refractivity contribution in [2.75, 3.05) is 24.3 Å². The van der Waals surface area contributed by atoms with Crippen LogP contribution in [0.5, 0.6) is 5.88 Å². The van der Waals surface area contributed by atoms with Gasteiger partial charge >= 0.3 is 0 Å². The summed E-state index contributed by atoms with van der Waals surface area (Å²) in [7, 11) is 1.97. The van der Waals surface area contributed by atoms with E-state index in [0.29, 0.717) is 24.0 Å². The van der Waals surface area contributed by atoms with Crippen molar-refractivity contribution in [3.8, 4) is 5.88 Å². The van der Waals surface area contributed by atoms with Crippen molar-refractivity contribution in [3.05, 3.63) is 28.7 Å². The van der Waals surface area contributed by atoms with Gasteiger partial charge in [0, 0.05) is 11.9 Å². The molecule has 0 spiro atoms. The molecular weight excluding hydrogens is 260 g/mol. The highest BCUT2D eigenvalue weighted by molar-refractivity contribution is 7.10. The van der Waals surface area contributed by atoms with Gasteiger partial charge in [-0.15, -0.1) is 11.3 Å². The fourth-order valence-corrected chi connectivity index (χ4v) is 2.63. The second-order valence-electron chi connectivity index (χ2n) is 4.15. The monoisotopic (exact) mass is 278 g/mol. The van der Waals surface area contributed by atoms with Crippen molar-refractivity contribution in [3.63, 3.8) is 0 Å². The van der Waals surface area contributed by atoms with Gasteiger partial charge in [0.2, 0.25) is 5.88 Å². The SMILES string of the molecule is CCOc1ncnc(N(C)C(C)c2cccs2)c1N. The molecule has 0 saturated heterocycles. The molecule has 1 unspecified atom stereocenters. The van der Waals surface area contributed by atoms with E-state index in [2.05, 4.69) is 28.3 Å². The van der Waals surface area contributed by atoms with Crippen molar-refractivity contribution in [2.45, 2.75) is 19.9 Å². The van der Waals surface area contributed by atoms with E-state index < -0.39 is 0 Å². The molecule has 19 heavy (non-hydrogen) atoms. The molecule has 5 nitrogen and oxygen atoms in total. The van der Waals surface area contributed by atoms with Crippen LogP contribution in [0.1, 0.15) is 24.8 Å². The average Bonchev–Trinajstić information content (AvgIpc) is 2.94. The number of nitrogens with two attached hydrogens (primary N) is 1. The van der Waals surface area contributed by atoms with Crippen molar-refractivity contribution < 1.29 is 4.74 Å². The van der Waals surface area contributed by atoms with Gasteiger partial charge in [-0.3, -0.25) is 0 Å². The Balaban J connectivity index is 2.28. The maximum Gasteiger partial charge on any atom is 0.242 e. The number of anilines is 2. The van der Waals surface area contributed by atoms with Crippen LogP contribution < -0.4 is 15.4 Å². The number of thiophene rings is 1. The predicted octanol–water partition coefficient (Wildman–Crippen LogP) is 2.72. The van der Waals surface area contributed by atoms with Gasteiger partial charge in [-0.1, -0.05) is 6.07 Å². The lowest BCUT2D eigenvalue weighted by molar-refractivity contribution is 0.328. The third kappa shape index (κ3) is 2.78. The third-order valence-corrected chi connectivity index (χ3v) is 4.02. The van der Waals surface area contributed by atoms with Crippen LogP contribution in [0.4, 0.5) is 11.5 Å². The van der Waals surface area contributed by atoms with E-state index >= 15 is 0 Å². The summed E-state index contributed by atoms with van der Waals surface area (Å²) >= 11 is 1.72. The van der Waals surface area contributed by atoms with E-state index in [4.69, 9.17) is 10.5 Å². The largest absolute Gasteiger partial charge is 0.476 e. The molecule has 0 bridgehead atoms. The van der Waals surface area contributed by atoms with Crippen LogP contribution in [-0.4, -0.2) is 23.6 Å². The molecule has 0 amide bonds. The Morgan fingerprint density at radius 2 is 2.26 bits per heavy atom. The van der Waals surface area contributed by atoms with Crippen LogP contribution >= 0.6 is 11.3 Å². The molecule has 0 saturated carbocycles. The number of nitrogens with zero attached hydrogens (tertiary/aromatic N) is 3. The lowest BCUT2D eigenvalue weighted by Gasteiger charge is -2.26. The summed E-state index contributed by atoms with van der Waals surface area (Å²) < 4.78 is 5.40. The van der Waals surface area contributed by atoms with E-state index in [1.807, 2.05) is 24.9 Å². The Labute approximate surface area is 117 Å². The number of hydrogen-bond donors (Lipinski definition) is 1. The molecule has 2 aromatic heterocycles. The van der Waals surface area contributed by atoms with Gasteiger partial charge < -0.3 is 15.4 Å². The minimum atomic E-state index is 0.201. The highest BCUT2D eigenvalue weighted by atomic mass is 32.1. The van der Waals surface area contributed by atoms with Crippen molar-refractivity contribution in [1.29, 1.82) is 0 Å². The Morgan fingerprint density at radius 3 is 2.89 bits per heavy atom. The Morgan fingerprint density at radius 1 is 1.47 bits per heavy atom. The topological polar surface area (TPSA) is 64.3 Å². The molecule has 2 aromatic rings. The number of rotatable bonds is 5. The minimum Gasteiger partial charge on any atom is -0.476 e. The maximum atomic E-state index is 6.07. The Hall–Kier alpha value is -1.82. The van der Waals surface area contributed by atoms with E-state index in [9.17, 15) is 0 Å². The zero-order valence-electron chi connectivity index (χ0n) is 11.3. The fraction of sp³-hybridized carbons (Fsp3) is 0.385. The predicted molar refractivity (Wildman–Crippen MR) is 78.8 cm³/mol. The molecule has 2 heterocycles. The standard InChI is InChI=1S/C13H18N4OS/c1-4-18-13-11(14)12(15-8-16-13)17(3)9(2)10-6-5-7-19-10/h5-9H,4,14H2,1-3H3. The first kappa shape index (κ1) is 13.6. The van der Waals surface area contributed by atoms with Crippen LogP contribution in [0.2, 0.25) is 0 Å². The van der Waals surface area contributed by atoms with Crippen LogP contribution in [0.25, 0.3) is 0 Å². The molecule has 0 radical (unpaired) electrons. The molecular formula is C13H18N4OS. The van der Waals surface area contributed by atoms with Crippen LogP contribution in [-0.2, 0) is 0 Å². The normalized spacial score (nSPS) is 12.2. The van der Waals surface area contributed by atoms with Gasteiger partial charge in [0.25, 0.3) is 0 Å². The molecule has 2 rings (SSSR count). The van der Waals surface area contributed by atoms with Gasteiger partial charge in [-0.05, 0) is 25.3 Å². The summed E-state index contributed by atoms with van der Waals surface area (Å²) in [5.41, 5.74) is 6.55. The highest BCUT2D eigenvalue weighted by Crippen LogP contribution is 2.33. The molecule has 6 heteroatoms. The van der Waals surface area contributed by atoms with Crippen molar-refractivity contribution in [1.82, 2.24) is 9.97 Å². The number of nitrogen functional groups attached to an aromatic ring is 1. The smallest absolute Gasteiger partial charge is 0.242 e. The first-order valence-electron chi connectivity index (χ1n) is 6.14. The second kappa shape index (κ2) is 5.88. The summed E-state index contributed by atoms with van der Waals surface area (Å²) in [6.07, 6.45) is 1.48. The van der Waals surface area contributed by atoms with Crippen molar-refractivity contribution >= 4 is 22.8 Å². The third-order valence-electron chi connectivity index (χ3n) is 2.98. The molecule has 0 aromatic carbocycles. The molecule has 2 N–H and O–H groups in total. The first-order chi connectivity index (χ1) is 9.15. The van der Waals surface area contributed by atoms with Gasteiger partial charge in [0.05, 0.1) is 12.6 Å². The molecule has 0 fully saturated rings. The first-order valence-corrected chi connectivity index (χ1v) is 7.02. The zero-order valence-corrected chi connectivity index (χ0v) is 12.1. The zero-order chi connectivity index (χ0) is 13.8. The lowest BCUT2D eigenvalue weighted by atomic mass is 10.2. The number of hydrogen-bond acceptors (Lipinski definition) is 6. The van der Waals surface area contributed by atoms with E-state index in [1.165, 1.54) is 11.2 Å². The van der Waals surface area contributed by atoms with Crippen LogP contribution in [0, 0.1) is 0 Å². The highest BCUT2D eigenvalue weighted by Gasteiger charge is 2.19. The fourth-order valence-electron chi connectivity index (χ4n) is 1.81. The molecule has 1 atom stereocenters. The lowest BCUT2D eigenvalue weighted by Crippen LogP contribution is -2.23.